The van der Waals surface area contributed by atoms with Crippen LogP contribution in [0.1, 0.15) is 31.2 Å². The second kappa shape index (κ2) is 7.01. The zero-order valence-corrected chi connectivity index (χ0v) is 14.1. The molecule has 0 aliphatic heterocycles. The van der Waals surface area contributed by atoms with E-state index in [2.05, 4.69) is 10.3 Å². The molecule has 25 heavy (non-hydrogen) atoms. The minimum atomic E-state index is -0.0252. The highest BCUT2D eigenvalue weighted by molar-refractivity contribution is 5.95. The van der Waals surface area contributed by atoms with Gasteiger partial charge in [0.25, 0.3) is 0 Å². The molecule has 1 saturated carbocycles. The van der Waals surface area contributed by atoms with Crippen LogP contribution in [-0.4, -0.2) is 17.0 Å². The second-order valence-electron chi connectivity index (χ2n) is 6.64. The number of amides is 1. The van der Waals surface area contributed by atoms with Gasteiger partial charge in [-0.2, -0.15) is 0 Å². The van der Waals surface area contributed by atoms with Crippen molar-refractivity contribution >= 4 is 22.5 Å². The second-order valence-corrected chi connectivity index (χ2v) is 6.64. The number of nitrogens with one attached hydrogen (secondary N) is 2. The van der Waals surface area contributed by atoms with Crippen molar-refractivity contribution in [2.24, 2.45) is 0 Å². The van der Waals surface area contributed by atoms with Crippen molar-refractivity contribution in [3.8, 4) is 5.75 Å². The predicted octanol–water partition coefficient (Wildman–Crippen LogP) is 4.67. The number of carbonyl (C=O) groups is 1. The molecule has 0 unspecified atom stereocenters. The zero-order chi connectivity index (χ0) is 17.1. The number of rotatable bonds is 5. The maximum atomic E-state index is 12.4. The molecule has 4 rings (SSSR count). The highest BCUT2D eigenvalue weighted by atomic mass is 16.5. The number of aromatic nitrogens is 1. The van der Waals surface area contributed by atoms with Gasteiger partial charge in [-0.15, -0.1) is 0 Å². The molecule has 1 aliphatic carbocycles. The number of aromatic amines is 1. The molecule has 0 atom stereocenters. The highest BCUT2D eigenvalue weighted by Crippen LogP contribution is 2.26. The molecule has 0 radical (unpaired) electrons. The third kappa shape index (κ3) is 3.68. The van der Waals surface area contributed by atoms with Gasteiger partial charge in [0, 0.05) is 28.9 Å². The van der Waals surface area contributed by atoms with Gasteiger partial charge >= 0.3 is 0 Å². The number of fused-ring (bicyclic) bond motifs is 1. The summed E-state index contributed by atoms with van der Waals surface area (Å²) in [7, 11) is 0. The van der Waals surface area contributed by atoms with Gasteiger partial charge in [-0.3, -0.25) is 4.79 Å². The van der Waals surface area contributed by atoms with Crippen LogP contribution in [0.2, 0.25) is 0 Å². The lowest BCUT2D eigenvalue weighted by atomic mass is 10.1. The van der Waals surface area contributed by atoms with Gasteiger partial charge in [0.15, 0.2) is 0 Å². The van der Waals surface area contributed by atoms with E-state index in [0.29, 0.717) is 12.5 Å². The van der Waals surface area contributed by atoms with E-state index in [1.807, 2.05) is 54.7 Å². The number of para-hydroxylation sites is 1. The first kappa shape index (κ1) is 15.8. The summed E-state index contributed by atoms with van der Waals surface area (Å²) in [5.74, 6) is 0.805. The van der Waals surface area contributed by atoms with Gasteiger partial charge in [0.05, 0.1) is 12.5 Å². The molecule has 0 saturated heterocycles. The fourth-order valence-corrected chi connectivity index (χ4v) is 3.50. The van der Waals surface area contributed by atoms with E-state index >= 15 is 0 Å². The Kier molecular flexibility index (Phi) is 4.42. The molecule has 3 aromatic rings. The smallest absolute Gasteiger partial charge is 0.228 e. The summed E-state index contributed by atoms with van der Waals surface area (Å²) in [6.07, 6.45) is 7.30. The molecule has 1 aromatic heterocycles. The summed E-state index contributed by atoms with van der Waals surface area (Å²) in [6.45, 7) is 0. The Morgan fingerprint density at radius 3 is 2.84 bits per heavy atom. The van der Waals surface area contributed by atoms with Crippen molar-refractivity contribution in [2.75, 3.05) is 5.32 Å². The Morgan fingerprint density at radius 1 is 1.12 bits per heavy atom. The molecule has 1 fully saturated rings. The van der Waals surface area contributed by atoms with Gasteiger partial charge < -0.3 is 15.0 Å². The van der Waals surface area contributed by atoms with Crippen LogP contribution in [0, 0.1) is 0 Å². The Morgan fingerprint density at radius 2 is 1.96 bits per heavy atom. The minimum Gasteiger partial charge on any atom is -0.490 e. The first-order chi connectivity index (χ1) is 12.3. The summed E-state index contributed by atoms with van der Waals surface area (Å²) in [5, 5.41) is 4.07. The molecule has 0 bridgehead atoms. The van der Waals surface area contributed by atoms with E-state index in [0.717, 1.165) is 40.7 Å². The van der Waals surface area contributed by atoms with E-state index < -0.39 is 0 Å². The first-order valence-corrected chi connectivity index (χ1v) is 8.89. The standard InChI is InChI=1S/C21H22N2O2/c24-21(12-15-14-22-20-11-4-3-10-19(15)20)23-16-6-5-9-18(13-16)25-17-7-1-2-8-17/h3-6,9-11,13-14,17,22H,1-2,7-8,12H2,(H,23,24). The van der Waals surface area contributed by atoms with Gasteiger partial charge in [0.2, 0.25) is 5.91 Å². The number of H-pyrrole nitrogens is 1. The Bertz CT molecular complexity index is 878. The van der Waals surface area contributed by atoms with Crippen LogP contribution in [0.3, 0.4) is 0 Å². The zero-order valence-electron chi connectivity index (χ0n) is 14.1. The van der Waals surface area contributed by atoms with Crippen molar-refractivity contribution < 1.29 is 9.53 Å². The lowest BCUT2D eigenvalue weighted by molar-refractivity contribution is -0.115. The molecule has 2 N–H and O–H groups in total. The summed E-state index contributed by atoms with van der Waals surface area (Å²) in [5.41, 5.74) is 2.84. The van der Waals surface area contributed by atoms with Crippen molar-refractivity contribution in [3.05, 3.63) is 60.3 Å². The number of carbonyl (C=O) groups excluding carboxylic acids is 1. The van der Waals surface area contributed by atoms with Gasteiger partial charge in [0.1, 0.15) is 5.75 Å². The molecule has 4 heteroatoms. The molecular weight excluding hydrogens is 312 g/mol. The van der Waals surface area contributed by atoms with Crippen molar-refractivity contribution in [1.82, 2.24) is 4.98 Å². The Balaban J connectivity index is 1.42. The maximum absolute atomic E-state index is 12.4. The number of anilines is 1. The molecule has 1 heterocycles. The molecular formula is C21H22N2O2. The lowest BCUT2D eigenvalue weighted by Gasteiger charge is -2.14. The molecule has 2 aromatic carbocycles. The first-order valence-electron chi connectivity index (χ1n) is 8.89. The Hall–Kier alpha value is -2.75. The van der Waals surface area contributed by atoms with Crippen molar-refractivity contribution in [2.45, 2.75) is 38.2 Å². The maximum Gasteiger partial charge on any atom is 0.228 e. The summed E-state index contributed by atoms with van der Waals surface area (Å²) in [6, 6.07) is 15.7. The molecule has 0 spiro atoms. The van der Waals surface area contributed by atoms with E-state index in [9.17, 15) is 4.79 Å². The van der Waals surface area contributed by atoms with Gasteiger partial charge in [-0.25, -0.2) is 0 Å². The quantitative estimate of drug-likeness (QED) is 0.712. The van der Waals surface area contributed by atoms with Crippen LogP contribution >= 0.6 is 0 Å². The monoisotopic (exact) mass is 334 g/mol. The van der Waals surface area contributed by atoms with E-state index in [1.165, 1.54) is 12.8 Å². The molecule has 4 nitrogen and oxygen atoms in total. The average Bonchev–Trinajstić information content (AvgIpc) is 3.26. The summed E-state index contributed by atoms with van der Waals surface area (Å²) < 4.78 is 6.00. The largest absolute Gasteiger partial charge is 0.490 e. The summed E-state index contributed by atoms with van der Waals surface area (Å²) in [4.78, 5) is 15.6. The number of hydrogen-bond acceptors (Lipinski definition) is 2. The van der Waals surface area contributed by atoms with Crippen LogP contribution in [0.5, 0.6) is 5.75 Å². The molecule has 1 amide bonds. The fraction of sp³-hybridized carbons (Fsp3) is 0.286. The molecule has 128 valence electrons. The predicted molar refractivity (Wildman–Crippen MR) is 100.0 cm³/mol. The van der Waals surface area contributed by atoms with Crippen LogP contribution in [-0.2, 0) is 11.2 Å². The summed E-state index contributed by atoms with van der Waals surface area (Å²) >= 11 is 0. The number of benzene rings is 2. The van der Waals surface area contributed by atoms with E-state index in [1.54, 1.807) is 0 Å². The van der Waals surface area contributed by atoms with Crippen LogP contribution in [0.25, 0.3) is 10.9 Å². The van der Waals surface area contributed by atoms with Crippen LogP contribution < -0.4 is 10.1 Å². The number of hydrogen-bond donors (Lipinski definition) is 2. The normalized spacial score (nSPS) is 14.7. The lowest BCUT2D eigenvalue weighted by Crippen LogP contribution is -2.15. The number of ether oxygens (including phenoxy) is 1. The third-order valence-corrected chi connectivity index (χ3v) is 4.75. The minimum absolute atomic E-state index is 0.0252. The van der Waals surface area contributed by atoms with Gasteiger partial charge in [-0.1, -0.05) is 24.3 Å². The van der Waals surface area contributed by atoms with Crippen LogP contribution in [0.15, 0.2) is 54.7 Å². The topological polar surface area (TPSA) is 54.1 Å². The highest BCUT2D eigenvalue weighted by Gasteiger charge is 2.16. The third-order valence-electron chi connectivity index (χ3n) is 4.75. The Labute approximate surface area is 147 Å². The van der Waals surface area contributed by atoms with Crippen LogP contribution in [0.4, 0.5) is 5.69 Å². The molecule has 1 aliphatic rings. The van der Waals surface area contributed by atoms with E-state index in [4.69, 9.17) is 4.74 Å². The van der Waals surface area contributed by atoms with Crippen molar-refractivity contribution in [3.63, 3.8) is 0 Å². The fourth-order valence-electron chi connectivity index (χ4n) is 3.50. The SMILES string of the molecule is O=C(Cc1c[nH]c2ccccc12)Nc1cccc(OC2CCCC2)c1. The van der Waals surface area contributed by atoms with E-state index in [-0.39, 0.29) is 5.91 Å². The van der Waals surface area contributed by atoms with Gasteiger partial charge in [-0.05, 0) is 49.4 Å². The average molecular weight is 334 g/mol. The van der Waals surface area contributed by atoms with Crippen molar-refractivity contribution in [1.29, 1.82) is 0 Å².